The van der Waals surface area contributed by atoms with Crippen LogP contribution in [0.25, 0.3) is 27.6 Å². The van der Waals surface area contributed by atoms with Crippen molar-refractivity contribution in [3.8, 4) is 0 Å². The van der Waals surface area contributed by atoms with E-state index in [1.54, 1.807) is 19.0 Å². The zero-order chi connectivity index (χ0) is 19.1. The molecule has 0 saturated carbocycles. The highest BCUT2D eigenvalue weighted by Crippen LogP contribution is 2.33. The first-order valence-electron chi connectivity index (χ1n) is 9.01. The summed E-state index contributed by atoms with van der Waals surface area (Å²) in [6, 6.07) is 16.1. The Kier molecular flexibility index (Phi) is 4.52. The summed E-state index contributed by atoms with van der Waals surface area (Å²) in [4.78, 5) is 24.2. The van der Waals surface area contributed by atoms with E-state index in [9.17, 15) is 4.79 Å². The standard InChI is InChI=1S/C21H22N4OS/c1-13(2)18(20(26)24(3)4)27-21-23-15-10-6-5-9-14(15)19-22-16-11-7-8-12-17(16)25(19)21/h5-13,18H,1-4H3. The molecule has 27 heavy (non-hydrogen) atoms. The summed E-state index contributed by atoms with van der Waals surface area (Å²) < 4.78 is 2.08. The van der Waals surface area contributed by atoms with Crippen molar-refractivity contribution >= 4 is 45.3 Å². The number of thioether (sulfide) groups is 1. The van der Waals surface area contributed by atoms with E-state index in [4.69, 9.17) is 9.97 Å². The molecule has 2 aromatic carbocycles. The lowest BCUT2D eigenvalue weighted by atomic mass is 10.1. The summed E-state index contributed by atoms with van der Waals surface area (Å²) in [6.45, 7) is 4.15. The van der Waals surface area contributed by atoms with E-state index in [2.05, 4.69) is 18.2 Å². The van der Waals surface area contributed by atoms with Crippen LogP contribution >= 0.6 is 11.8 Å². The van der Waals surface area contributed by atoms with E-state index in [1.807, 2.05) is 48.5 Å². The molecule has 0 aliphatic rings. The Morgan fingerprint density at radius 1 is 1.00 bits per heavy atom. The van der Waals surface area contributed by atoms with Crippen molar-refractivity contribution in [3.63, 3.8) is 0 Å². The minimum atomic E-state index is -0.210. The zero-order valence-corrected chi connectivity index (χ0v) is 16.7. The Labute approximate surface area is 162 Å². The van der Waals surface area contributed by atoms with Gasteiger partial charge in [-0.25, -0.2) is 9.97 Å². The molecule has 0 aliphatic carbocycles. The number of imidazole rings is 1. The smallest absolute Gasteiger partial charge is 0.235 e. The van der Waals surface area contributed by atoms with Gasteiger partial charge < -0.3 is 4.90 Å². The highest BCUT2D eigenvalue weighted by atomic mass is 32.2. The number of nitrogens with zero attached hydrogens (tertiary/aromatic N) is 4. The molecule has 0 saturated heterocycles. The zero-order valence-electron chi connectivity index (χ0n) is 15.9. The quantitative estimate of drug-likeness (QED) is 0.394. The van der Waals surface area contributed by atoms with Crippen molar-refractivity contribution in [2.45, 2.75) is 24.3 Å². The predicted octanol–water partition coefficient (Wildman–Crippen LogP) is 4.24. The second-order valence-electron chi connectivity index (χ2n) is 7.19. The number of amides is 1. The molecule has 6 heteroatoms. The molecular weight excluding hydrogens is 356 g/mol. The molecule has 0 radical (unpaired) electrons. The van der Waals surface area contributed by atoms with Crippen LogP contribution in [0.15, 0.2) is 53.7 Å². The van der Waals surface area contributed by atoms with E-state index < -0.39 is 0 Å². The van der Waals surface area contributed by atoms with Crippen molar-refractivity contribution in [1.82, 2.24) is 19.3 Å². The molecule has 4 rings (SSSR count). The molecule has 138 valence electrons. The van der Waals surface area contributed by atoms with Crippen LogP contribution in [0.4, 0.5) is 0 Å². The number of hydrogen-bond donors (Lipinski definition) is 0. The fourth-order valence-corrected chi connectivity index (χ4v) is 4.48. The average molecular weight is 379 g/mol. The molecule has 0 bridgehead atoms. The number of carbonyl (C=O) groups is 1. The number of para-hydroxylation sites is 3. The van der Waals surface area contributed by atoms with Crippen LogP contribution in [0, 0.1) is 5.92 Å². The highest BCUT2D eigenvalue weighted by Gasteiger charge is 2.27. The maximum Gasteiger partial charge on any atom is 0.235 e. The molecule has 2 heterocycles. The van der Waals surface area contributed by atoms with Crippen molar-refractivity contribution < 1.29 is 4.79 Å². The van der Waals surface area contributed by atoms with Gasteiger partial charge in [0.15, 0.2) is 5.16 Å². The number of hydrogen-bond acceptors (Lipinski definition) is 4. The average Bonchev–Trinajstić information content (AvgIpc) is 3.05. The molecule has 0 spiro atoms. The Morgan fingerprint density at radius 3 is 2.37 bits per heavy atom. The highest BCUT2D eigenvalue weighted by molar-refractivity contribution is 8.00. The van der Waals surface area contributed by atoms with Gasteiger partial charge >= 0.3 is 0 Å². The molecule has 1 unspecified atom stereocenters. The minimum Gasteiger partial charge on any atom is -0.348 e. The Bertz CT molecular complexity index is 1150. The third-order valence-corrected chi connectivity index (χ3v) is 6.12. The van der Waals surface area contributed by atoms with Crippen LogP contribution in [0.5, 0.6) is 0 Å². The van der Waals surface area contributed by atoms with Gasteiger partial charge in [-0.2, -0.15) is 0 Å². The third-order valence-electron chi connectivity index (χ3n) is 4.64. The second kappa shape index (κ2) is 6.85. The van der Waals surface area contributed by atoms with Gasteiger partial charge in [0.25, 0.3) is 0 Å². The number of fused-ring (bicyclic) bond motifs is 5. The SMILES string of the molecule is CC(C)C(Sc1nc2ccccc2c2nc3ccccc3n12)C(=O)N(C)C. The number of aromatic nitrogens is 3. The largest absolute Gasteiger partial charge is 0.348 e. The van der Waals surface area contributed by atoms with E-state index in [0.29, 0.717) is 0 Å². The molecular formula is C21H22N4OS. The van der Waals surface area contributed by atoms with Gasteiger partial charge in [0.1, 0.15) is 5.65 Å². The molecule has 1 atom stereocenters. The Morgan fingerprint density at radius 2 is 1.67 bits per heavy atom. The summed E-state index contributed by atoms with van der Waals surface area (Å²) in [7, 11) is 3.60. The lowest BCUT2D eigenvalue weighted by Crippen LogP contribution is -2.35. The molecule has 2 aromatic heterocycles. The summed E-state index contributed by atoms with van der Waals surface area (Å²) in [5.74, 6) is 0.283. The molecule has 5 nitrogen and oxygen atoms in total. The monoisotopic (exact) mass is 378 g/mol. The van der Waals surface area contributed by atoms with E-state index in [1.165, 1.54) is 11.8 Å². The molecule has 0 N–H and O–H groups in total. The fourth-order valence-electron chi connectivity index (χ4n) is 3.23. The number of benzene rings is 2. The van der Waals surface area contributed by atoms with Gasteiger partial charge in [0.2, 0.25) is 5.91 Å². The fraction of sp³-hybridized carbons (Fsp3) is 0.286. The third kappa shape index (κ3) is 3.04. The number of carbonyl (C=O) groups excluding carboxylic acids is 1. The van der Waals surface area contributed by atoms with Gasteiger partial charge in [-0.15, -0.1) is 0 Å². The van der Waals surface area contributed by atoms with E-state index >= 15 is 0 Å². The lowest BCUT2D eigenvalue weighted by Gasteiger charge is -2.23. The molecule has 0 fully saturated rings. The maximum absolute atomic E-state index is 12.7. The summed E-state index contributed by atoms with van der Waals surface area (Å²) >= 11 is 1.52. The Balaban J connectivity index is 1.99. The van der Waals surface area contributed by atoms with Crippen LogP contribution in [0.1, 0.15) is 13.8 Å². The summed E-state index contributed by atoms with van der Waals surface area (Å²) in [5, 5.41) is 1.60. The van der Waals surface area contributed by atoms with Crippen molar-refractivity contribution in [1.29, 1.82) is 0 Å². The molecule has 1 amide bonds. The van der Waals surface area contributed by atoms with Gasteiger partial charge in [-0.3, -0.25) is 9.20 Å². The Hall–Kier alpha value is -2.60. The van der Waals surface area contributed by atoms with Gasteiger partial charge in [-0.05, 0) is 30.2 Å². The topological polar surface area (TPSA) is 50.5 Å². The van der Waals surface area contributed by atoms with Crippen molar-refractivity contribution in [2.24, 2.45) is 5.92 Å². The van der Waals surface area contributed by atoms with Gasteiger partial charge in [0, 0.05) is 19.5 Å². The maximum atomic E-state index is 12.7. The summed E-state index contributed by atoms with van der Waals surface area (Å²) in [5.41, 5.74) is 3.71. The normalized spacial score (nSPS) is 12.9. The lowest BCUT2D eigenvalue weighted by molar-refractivity contribution is -0.128. The first-order chi connectivity index (χ1) is 13.0. The first-order valence-corrected chi connectivity index (χ1v) is 9.89. The first kappa shape index (κ1) is 17.8. The minimum absolute atomic E-state index is 0.0996. The summed E-state index contributed by atoms with van der Waals surface area (Å²) in [6.07, 6.45) is 0. The van der Waals surface area contributed by atoms with Crippen molar-refractivity contribution in [3.05, 3.63) is 48.5 Å². The van der Waals surface area contributed by atoms with Gasteiger partial charge in [0.05, 0.1) is 21.8 Å². The van der Waals surface area contributed by atoms with Crippen LogP contribution in [-0.2, 0) is 4.79 Å². The van der Waals surface area contributed by atoms with E-state index in [-0.39, 0.29) is 17.1 Å². The molecule has 0 aliphatic heterocycles. The van der Waals surface area contributed by atoms with Crippen LogP contribution < -0.4 is 0 Å². The van der Waals surface area contributed by atoms with Crippen LogP contribution in [-0.4, -0.2) is 44.5 Å². The molecule has 4 aromatic rings. The van der Waals surface area contributed by atoms with E-state index in [0.717, 1.165) is 32.7 Å². The second-order valence-corrected chi connectivity index (χ2v) is 8.29. The van der Waals surface area contributed by atoms with Crippen LogP contribution in [0.3, 0.4) is 0 Å². The van der Waals surface area contributed by atoms with Crippen LogP contribution in [0.2, 0.25) is 0 Å². The van der Waals surface area contributed by atoms with Gasteiger partial charge in [-0.1, -0.05) is 49.9 Å². The predicted molar refractivity (Wildman–Crippen MR) is 111 cm³/mol. The van der Waals surface area contributed by atoms with Crippen molar-refractivity contribution in [2.75, 3.05) is 14.1 Å². The number of rotatable bonds is 4.